The van der Waals surface area contributed by atoms with Crippen LogP contribution in [0.5, 0.6) is 0 Å². The predicted molar refractivity (Wildman–Crippen MR) is 130 cm³/mol. The van der Waals surface area contributed by atoms with Gasteiger partial charge in [-0.3, -0.25) is 4.90 Å². The van der Waals surface area contributed by atoms with Crippen molar-refractivity contribution in [1.29, 1.82) is 0 Å². The van der Waals surface area contributed by atoms with Gasteiger partial charge in [0.15, 0.2) is 0 Å². The Morgan fingerprint density at radius 2 is 1.84 bits per heavy atom. The molecule has 3 aromatic rings. The van der Waals surface area contributed by atoms with Gasteiger partial charge in [-0.1, -0.05) is 18.2 Å². The molecule has 1 N–H and O–H groups in total. The summed E-state index contributed by atoms with van der Waals surface area (Å²) in [6.45, 7) is 4.73. The van der Waals surface area contributed by atoms with E-state index < -0.39 is 10.0 Å². The average Bonchev–Trinajstić information content (AvgIpc) is 3.33. The molecule has 1 aliphatic heterocycles. The summed E-state index contributed by atoms with van der Waals surface area (Å²) in [7, 11) is 0.757. The predicted octanol–water partition coefficient (Wildman–Crippen LogP) is 2.56. The van der Waals surface area contributed by atoms with Gasteiger partial charge in [-0.2, -0.15) is 4.31 Å². The number of benzene rings is 1. The first-order chi connectivity index (χ1) is 15.4. The molecular weight excluding hydrogens is 444 g/mol. The topological polar surface area (TPSA) is 81.7 Å². The van der Waals surface area contributed by atoms with Crippen molar-refractivity contribution in [3.8, 4) is 0 Å². The number of rotatable bonds is 9. The Morgan fingerprint density at radius 1 is 1.06 bits per heavy atom. The van der Waals surface area contributed by atoms with Gasteiger partial charge in [0.2, 0.25) is 0 Å². The third-order valence-corrected chi connectivity index (χ3v) is 8.78. The van der Waals surface area contributed by atoms with Gasteiger partial charge in [-0.05, 0) is 50.6 Å². The van der Waals surface area contributed by atoms with Crippen molar-refractivity contribution in [2.24, 2.45) is 0 Å². The van der Waals surface area contributed by atoms with Crippen LogP contribution in [0, 0.1) is 0 Å². The van der Waals surface area contributed by atoms with Crippen molar-refractivity contribution in [2.45, 2.75) is 17.2 Å². The summed E-state index contributed by atoms with van der Waals surface area (Å²) in [6, 6.07) is 11.5. The third kappa shape index (κ3) is 5.44. The molecule has 2 aromatic heterocycles. The van der Waals surface area contributed by atoms with Crippen LogP contribution in [-0.4, -0.2) is 85.9 Å². The SMILES string of the molecule is CN(C)CCCNc1nc(CN2CCN(S(=O)(=O)c3cccs3)CC2)nc2ccccc12. The van der Waals surface area contributed by atoms with Gasteiger partial charge < -0.3 is 10.2 Å². The minimum Gasteiger partial charge on any atom is -0.369 e. The lowest BCUT2D eigenvalue weighted by Gasteiger charge is -2.33. The van der Waals surface area contributed by atoms with Crippen molar-refractivity contribution in [3.63, 3.8) is 0 Å². The Labute approximate surface area is 193 Å². The van der Waals surface area contributed by atoms with E-state index >= 15 is 0 Å². The van der Waals surface area contributed by atoms with E-state index in [-0.39, 0.29) is 0 Å². The van der Waals surface area contributed by atoms with Crippen molar-refractivity contribution in [1.82, 2.24) is 24.1 Å². The molecule has 10 heteroatoms. The number of nitrogens with zero attached hydrogens (tertiary/aromatic N) is 5. The van der Waals surface area contributed by atoms with E-state index in [1.54, 1.807) is 21.8 Å². The number of fused-ring (bicyclic) bond motifs is 1. The molecule has 0 saturated carbocycles. The van der Waals surface area contributed by atoms with Crippen LogP contribution in [0.2, 0.25) is 0 Å². The smallest absolute Gasteiger partial charge is 0.252 e. The molecule has 1 aliphatic rings. The average molecular weight is 475 g/mol. The molecule has 0 bridgehead atoms. The molecular formula is C22H30N6O2S2. The van der Waals surface area contributed by atoms with E-state index in [0.29, 0.717) is 36.9 Å². The first-order valence-electron chi connectivity index (χ1n) is 10.8. The Balaban J connectivity index is 1.42. The van der Waals surface area contributed by atoms with Crippen LogP contribution in [0.15, 0.2) is 46.0 Å². The summed E-state index contributed by atoms with van der Waals surface area (Å²) >= 11 is 1.27. The van der Waals surface area contributed by atoms with E-state index in [2.05, 4.69) is 29.2 Å². The first-order valence-corrected chi connectivity index (χ1v) is 13.2. The highest BCUT2D eigenvalue weighted by molar-refractivity contribution is 7.91. The molecule has 0 radical (unpaired) electrons. The Hall–Kier alpha value is -2.11. The fourth-order valence-electron chi connectivity index (χ4n) is 3.80. The molecule has 3 heterocycles. The number of hydrogen-bond acceptors (Lipinski definition) is 8. The number of thiophene rings is 1. The van der Waals surface area contributed by atoms with Gasteiger partial charge in [-0.25, -0.2) is 18.4 Å². The van der Waals surface area contributed by atoms with Crippen LogP contribution >= 0.6 is 11.3 Å². The second-order valence-electron chi connectivity index (χ2n) is 8.20. The number of para-hydroxylation sites is 1. The molecule has 4 rings (SSSR count). The van der Waals surface area contributed by atoms with Gasteiger partial charge in [-0.15, -0.1) is 11.3 Å². The van der Waals surface area contributed by atoms with Gasteiger partial charge >= 0.3 is 0 Å². The van der Waals surface area contributed by atoms with Crippen molar-refractivity contribution < 1.29 is 8.42 Å². The van der Waals surface area contributed by atoms with Crippen LogP contribution in [0.4, 0.5) is 5.82 Å². The van der Waals surface area contributed by atoms with Gasteiger partial charge in [0, 0.05) is 38.1 Å². The number of aromatic nitrogens is 2. The number of piperazine rings is 1. The van der Waals surface area contributed by atoms with Crippen molar-refractivity contribution in [3.05, 3.63) is 47.6 Å². The molecule has 0 aliphatic carbocycles. The van der Waals surface area contributed by atoms with E-state index in [9.17, 15) is 8.42 Å². The molecule has 0 amide bonds. The van der Waals surface area contributed by atoms with Crippen LogP contribution in [-0.2, 0) is 16.6 Å². The Kier molecular flexibility index (Phi) is 7.37. The monoisotopic (exact) mass is 474 g/mol. The Morgan fingerprint density at radius 3 is 2.56 bits per heavy atom. The molecule has 0 unspecified atom stereocenters. The van der Waals surface area contributed by atoms with E-state index in [0.717, 1.165) is 42.1 Å². The standard InChI is InChI=1S/C22H30N6O2S2/c1-26(2)11-6-10-23-22-18-7-3-4-8-19(18)24-20(25-22)17-27-12-14-28(15-13-27)32(29,30)21-9-5-16-31-21/h3-5,7-9,16H,6,10-15,17H2,1-2H3,(H,23,24,25). The third-order valence-electron chi connectivity index (χ3n) is 5.51. The van der Waals surface area contributed by atoms with Crippen molar-refractivity contribution >= 4 is 38.1 Å². The summed E-state index contributed by atoms with van der Waals surface area (Å²) in [4.78, 5) is 14.0. The summed E-state index contributed by atoms with van der Waals surface area (Å²) in [6.07, 6.45) is 1.03. The van der Waals surface area contributed by atoms with E-state index in [4.69, 9.17) is 9.97 Å². The molecule has 32 heavy (non-hydrogen) atoms. The number of nitrogens with one attached hydrogen (secondary N) is 1. The second kappa shape index (κ2) is 10.2. The highest BCUT2D eigenvalue weighted by Crippen LogP contribution is 2.23. The number of sulfonamides is 1. The maximum Gasteiger partial charge on any atom is 0.252 e. The molecule has 0 spiro atoms. The molecule has 8 nitrogen and oxygen atoms in total. The lowest BCUT2D eigenvalue weighted by Crippen LogP contribution is -2.48. The Bertz CT molecular complexity index is 1130. The fourth-order valence-corrected chi connectivity index (χ4v) is 6.36. The minimum atomic E-state index is -3.39. The molecule has 1 aromatic carbocycles. The molecule has 172 valence electrons. The summed E-state index contributed by atoms with van der Waals surface area (Å²) in [5.41, 5.74) is 0.923. The van der Waals surface area contributed by atoms with Gasteiger partial charge in [0.05, 0.1) is 12.1 Å². The highest BCUT2D eigenvalue weighted by Gasteiger charge is 2.29. The van der Waals surface area contributed by atoms with E-state index in [1.165, 1.54) is 11.3 Å². The van der Waals surface area contributed by atoms with Crippen LogP contribution < -0.4 is 5.32 Å². The molecule has 0 atom stereocenters. The van der Waals surface area contributed by atoms with E-state index in [1.807, 2.05) is 24.3 Å². The number of anilines is 1. The highest BCUT2D eigenvalue weighted by atomic mass is 32.2. The zero-order chi connectivity index (χ0) is 22.6. The van der Waals surface area contributed by atoms with Gasteiger partial charge in [0.25, 0.3) is 10.0 Å². The zero-order valence-electron chi connectivity index (χ0n) is 18.6. The normalized spacial score (nSPS) is 16.1. The van der Waals surface area contributed by atoms with Crippen molar-refractivity contribution in [2.75, 3.05) is 58.7 Å². The molecule has 1 saturated heterocycles. The maximum absolute atomic E-state index is 12.8. The first kappa shape index (κ1) is 23.1. The molecule has 1 fully saturated rings. The summed E-state index contributed by atoms with van der Waals surface area (Å²) in [5.74, 6) is 1.62. The summed E-state index contributed by atoms with van der Waals surface area (Å²) in [5, 5.41) is 6.30. The maximum atomic E-state index is 12.8. The summed E-state index contributed by atoms with van der Waals surface area (Å²) < 4.78 is 27.5. The second-order valence-corrected chi connectivity index (χ2v) is 11.3. The van der Waals surface area contributed by atoms with Gasteiger partial charge in [0.1, 0.15) is 15.9 Å². The van der Waals surface area contributed by atoms with Crippen LogP contribution in [0.1, 0.15) is 12.2 Å². The lowest BCUT2D eigenvalue weighted by molar-refractivity contribution is 0.178. The minimum absolute atomic E-state index is 0.411. The zero-order valence-corrected chi connectivity index (χ0v) is 20.2. The van der Waals surface area contributed by atoms with Crippen LogP contribution in [0.25, 0.3) is 10.9 Å². The fraction of sp³-hybridized carbons (Fsp3) is 0.455. The quantitative estimate of drug-likeness (QED) is 0.477. The van der Waals surface area contributed by atoms with Crippen LogP contribution in [0.3, 0.4) is 0 Å². The largest absolute Gasteiger partial charge is 0.369 e. The lowest BCUT2D eigenvalue weighted by atomic mass is 10.2. The number of hydrogen-bond donors (Lipinski definition) is 1.